The van der Waals surface area contributed by atoms with Crippen LogP contribution in [0.2, 0.25) is 0 Å². The molecule has 110 valence electrons. The second-order valence-corrected chi connectivity index (χ2v) is 6.32. The average molecular weight is 291 g/mol. The quantitative estimate of drug-likeness (QED) is 0.878. The van der Waals surface area contributed by atoms with Gasteiger partial charge in [-0.15, -0.1) is 0 Å². The molecule has 22 heavy (non-hydrogen) atoms. The summed E-state index contributed by atoms with van der Waals surface area (Å²) in [6.07, 6.45) is 4.67. The number of hydrogen-bond donors (Lipinski definition) is 1. The number of nitrogen functional groups attached to an aromatic ring is 1. The molecule has 1 aliphatic rings. The molecule has 2 aromatic rings. The Labute approximate surface area is 129 Å². The number of nitrogens with two attached hydrogens (primary N) is 1. The van der Waals surface area contributed by atoms with Crippen molar-refractivity contribution in [2.24, 2.45) is 5.41 Å². The van der Waals surface area contributed by atoms with E-state index in [1.54, 1.807) is 22.9 Å². The predicted molar refractivity (Wildman–Crippen MR) is 87.1 cm³/mol. The highest BCUT2D eigenvalue weighted by Gasteiger charge is 2.26. The Morgan fingerprint density at radius 3 is 2.82 bits per heavy atom. The molecule has 1 aromatic carbocycles. The van der Waals surface area contributed by atoms with Crippen molar-refractivity contribution in [3.8, 4) is 6.07 Å². The highest BCUT2D eigenvalue weighted by Crippen LogP contribution is 2.37. The van der Waals surface area contributed by atoms with Gasteiger partial charge in [0.2, 0.25) is 0 Å². The van der Waals surface area contributed by atoms with Gasteiger partial charge >= 0.3 is 0 Å². The molecule has 0 bridgehead atoms. The van der Waals surface area contributed by atoms with Gasteiger partial charge in [-0.25, -0.2) is 0 Å². The zero-order valence-electron chi connectivity index (χ0n) is 12.6. The topological polar surface area (TPSA) is 71.8 Å². The van der Waals surface area contributed by atoms with Crippen LogP contribution >= 0.6 is 0 Å². The maximum atomic E-state index is 12.4. The van der Waals surface area contributed by atoms with Gasteiger partial charge in [-0.05, 0) is 41.7 Å². The maximum Gasteiger partial charge on any atom is 0.278 e. The van der Waals surface area contributed by atoms with Crippen molar-refractivity contribution in [1.29, 1.82) is 5.26 Å². The van der Waals surface area contributed by atoms with Crippen LogP contribution in [0, 0.1) is 16.7 Å². The third kappa shape index (κ3) is 2.31. The standard InChI is InChI=1S/C18H17N3O/c1-18(2)9-13-6-5-12(11-19)8-14(13)16(10-18)21-7-3-4-15(20)17(21)22/h3-8,10H,9,20H2,1-2H3. The van der Waals surface area contributed by atoms with Gasteiger partial charge in [0.1, 0.15) is 0 Å². The molecule has 1 aromatic heterocycles. The summed E-state index contributed by atoms with van der Waals surface area (Å²) in [5.41, 5.74) is 9.10. The van der Waals surface area contributed by atoms with Crippen LogP contribution in [-0.4, -0.2) is 4.57 Å². The molecule has 3 rings (SSSR count). The van der Waals surface area contributed by atoms with Crippen molar-refractivity contribution in [3.05, 3.63) is 69.6 Å². The minimum Gasteiger partial charge on any atom is -0.394 e. The van der Waals surface area contributed by atoms with Crippen LogP contribution in [-0.2, 0) is 6.42 Å². The molecule has 0 unspecified atom stereocenters. The monoisotopic (exact) mass is 291 g/mol. The minimum absolute atomic E-state index is 0.0689. The van der Waals surface area contributed by atoms with Gasteiger partial charge in [0.15, 0.2) is 0 Å². The highest BCUT2D eigenvalue weighted by atomic mass is 16.1. The van der Waals surface area contributed by atoms with E-state index in [9.17, 15) is 4.79 Å². The molecular formula is C18H17N3O. The molecule has 2 N–H and O–H groups in total. The highest BCUT2D eigenvalue weighted by molar-refractivity contribution is 5.73. The number of rotatable bonds is 1. The Morgan fingerprint density at radius 2 is 2.09 bits per heavy atom. The molecule has 4 heteroatoms. The number of nitriles is 1. The van der Waals surface area contributed by atoms with Crippen molar-refractivity contribution in [3.63, 3.8) is 0 Å². The number of allylic oxidation sites excluding steroid dienone is 1. The number of nitrogens with zero attached hydrogens (tertiary/aromatic N) is 2. The minimum atomic E-state index is -0.236. The van der Waals surface area contributed by atoms with Crippen LogP contribution in [0.25, 0.3) is 5.70 Å². The number of hydrogen-bond acceptors (Lipinski definition) is 3. The Bertz CT molecular complexity index is 882. The summed E-state index contributed by atoms with van der Waals surface area (Å²) < 4.78 is 1.57. The van der Waals surface area contributed by atoms with Crippen molar-refractivity contribution in [2.45, 2.75) is 20.3 Å². The van der Waals surface area contributed by atoms with Crippen molar-refractivity contribution in [1.82, 2.24) is 4.57 Å². The molecule has 4 nitrogen and oxygen atoms in total. The summed E-state index contributed by atoms with van der Waals surface area (Å²) in [5, 5.41) is 9.14. The van der Waals surface area contributed by atoms with Crippen LogP contribution in [0.1, 0.15) is 30.5 Å². The molecule has 0 fully saturated rings. The van der Waals surface area contributed by atoms with E-state index >= 15 is 0 Å². The van der Waals surface area contributed by atoms with Crippen molar-refractivity contribution >= 4 is 11.4 Å². The van der Waals surface area contributed by atoms with Gasteiger partial charge < -0.3 is 5.73 Å². The first-order chi connectivity index (χ1) is 10.4. The molecule has 1 heterocycles. The van der Waals surface area contributed by atoms with Gasteiger partial charge in [-0.3, -0.25) is 9.36 Å². The van der Waals surface area contributed by atoms with E-state index in [4.69, 9.17) is 11.0 Å². The van der Waals surface area contributed by atoms with Crippen LogP contribution < -0.4 is 11.3 Å². The van der Waals surface area contributed by atoms with E-state index < -0.39 is 0 Å². The fraction of sp³-hybridized carbons (Fsp3) is 0.222. The second kappa shape index (κ2) is 4.88. The van der Waals surface area contributed by atoms with Gasteiger partial charge in [0.25, 0.3) is 5.56 Å². The number of benzene rings is 1. The maximum absolute atomic E-state index is 12.4. The van der Waals surface area contributed by atoms with Crippen LogP contribution in [0.15, 0.2) is 47.4 Å². The molecule has 0 saturated carbocycles. The van der Waals surface area contributed by atoms with Crippen LogP contribution in [0.4, 0.5) is 5.69 Å². The van der Waals surface area contributed by atoms with E-state index in [0.29, 0.717) is 5.56 Å². The van der Waals surface area contributed by atoms with Crippen molar-refractivity contribution < 1.29 is 0 Å². The Morgan fingerprint density at radius 1 is 1.32 bits per heavy atom. The first kappa shape index (κ1) is 14.2. The van der Waals surface area contributed by atoms with E-state index in [0.717, 1.165) is 23.2 Å². The Balaban J connectivity index is 2.30. The lowest BCUT2D eigenvalue weighted by atomic mass is 9.77. The molecule has 1 aliphatic carbocycles. The fourth-order valence-corrected chi connectivity index (χ4v) is 2.93. The van der Waals surface area contributed by atoms with E-state index in [1.807, 2.05) is 18.2 Å². The Hall–Kier alpha value is -2.80. The van der Waals surface area contributed by atoms with Gasteiger partial charge in [0, 0.05) is 11.8 Å². The summed E-state index contributed by atoms with van der Waals surface area (Å²) in [5.74, 6) is 0. The largest absolute Gasteiger partial charge is 0.394 e. The average Bonchev–Trinajstić information content (AvgIpc) is 2.48. The molecule has 0 amide bonds. The summed E-state index contributed by atoms with van der Waals surface area (Å²) in [6, 6.07) is 11.1. The van der Waals surface area contributed by atoms with E-state index in [2.05, 4.69) is 26.0 Å². The molecular weight excluding hydrogens is 274 g/mol. The lowest BCUT2D eigenvalue weighted by Gasteiger charge is -2.30. The molecule has 0 atom stereocenters. The molecule has 0 spiro atoms. The number of anilines is 1. The van der Waals surface area contributed by atoms with Crippen molar-refractivity contribution in [2.75, 3.05) is 5.73 Å². The summed E-state index contributed by atoms with van der Waals surface area (Å²) in [7, 11) is 0. The van der Waals surface area contributed by atoms with Gasteiger partial charge in [-0.1, -0.05) is 26.0 Å². The van der Waals surface area contributed by atoms with Gasteiger partial charge in [-0.2, -0.15) is 5.26 Å². The van der Waals surface area contributed by atoms with E-state index in [-0.39, 0.29) is 16.7 Å². The van der Waals surface area contributed by atoms with Crippen LogP contribution in [0.5, 0.6) is 0 Å². The Kier molecular flexibility index (Phi) is 3.14. The molecule has 0 saturated heterocycles. The normalized spacial score (nSPS) is 15.6. The summed E-state index contributed by atoms with van der Waals surface area (Å²) >= 11 is 0. The summed E-state index contributed by atoms with van der Waals surface area (Å²) in [6.45, 7) is 4.26. The SMILES string of the molecule is CC1(C)C=C(n2cccc(N)c2=O)c2cc(C#N)ccc2C1. The predicted octanol–water partition coefficient (Wildman–Crippen LogP) is 2.77. The second-order valence-electron chi connectivity index (χ2n) is 6.32. The number of pyridine rings is 1. The smallest absolute Gasteiger partial charge is 0.278 e. The lowest BCUT2D eigenvalue weighted by molar-refractivity contribution is 0.470. The van der Waals surface area contributed by atoms with E-state index in [1.165, 1.54) is 0 Å². The molecule has 0 aliphatic heterocycles. The number of aromatic nitrogens is 1. The lowest BCUT2D eigenvalue weighted by Crippen LogP contribution is -2.27. The zero-order chi connectivity index (χ0) is 15.9. The first-order valence-electron chi connectivity index (χ1n) is 7.15. The third-order valence-electron chi connectivity index (χ3n) is 3.92. The number of fused-ring (bicyclic) bond motifs is 1. The third-order valence-corrected chi connectivity index (χ3v) is 3.92. The van der Waals surface area contributed by atoms with Gasteiger partial charge in [0.05, 0.1) is 23.0 Å². The summed E-state index contributed by atoms with van der Waals surface area (Å²) in [4.78, 5) is 12.4. The fourth-order valence-electron chi connectivity index (χ4n) is 2.93. The zero-order valence-corrected chi connectivity index (χ0v) is 12.6. The first-order valence-corrected chi connectivity index (χ1v) is 7.15. The molecule has 0 radical (unpaired) electrons. The van der Waals surface area contributed by atoms with Crippen LogP contribution in [0.3, 0.4) is 0 Å².